The van der Waals surface area contributed by atoms with E-state index in [1.54, 1.807) is 25.5 Å². The molecular weight excluding hydrogens is 338 g/mol. The molecule has 1 unspecified atom stereocenters. The Hall–Kier alpha value is -3.06. The minimum absolute atomic E-state index is 0.226. The lowest BCUT2D eigenvalue weighted by molar-refractivity contribution is 0.585. The van der Waals surface area contributed by atoms with Crippen molar-refractivity contribution in [2.24, 2.45) is 4.99 Å². The van der Waals surface area contributed by atoms with Gasteiger partial charge >= 0.3 is 0 Å². The molecule has 0 radical (unpaired) electrons. The van der Waals surface area contributed by atoms with Crippen LogP contribution in [-0.4, -0.2) is 56.4 Å². The first-order chi connectivity index (χ1) is 13.1. The summed E-state index contributed by atoms with van der Waals surface area (Å²) in [6.45, 7) is 3.67. The van der Waals surface area contributed by atoms with Gasteiger partial charge < -0.3 is 21.4 Å². The summed E-state index contributed by atoms with van der Waals surface area (Å²) in [7, 11) is 1.69. The van der Waals surface area contributed by atoms with Crippen LogP contribution < -0.4 is 16.0 Å². The van der Waals surface area contributed by atoms with Crippen LogP contribution in [0.3, 0.4) is 0 Å². The summed E-state index contributed by atoms with van der Waals surface area (Å²) in [5.41, 5.74) is 9.37. The molecule has 1 aliphatic heterocycles. The first kappa shape index (κ1) is 18.7. The van der Waals surface area contributed by atoms with E-state index >= 15 is 0 Å². The highest BCUT2D eigenvalue weighted by atomic mass is 15.2. The van der Waals surface area contributed by atoms with Crippen LogP contribution in [0.25, 0.3) is 0 Å². The standard InChI is InChI=1S/C20H25N7/c1-24-13-16(12-21)14-2-3-18(22)17(10-14)20(23)15-4-5-26-19(11-15)27-8-6-25-7-9-27/h2-5,10-13,16,21,23,25H,6-9,22H2,1H3. The zero-order chi connectivity index (χ0) is 19.2. The number of hydrogen-bond acceptors (Lipinski definition) is 7. The number of hydrogen-bond donors (Lipinski definition) is 4. The maximum atomic E-state index is 8.69. The van der Waals surface area contributed by atoms with Gasteiger partial charge in [-0.2, -0.15) is 0 Å². The Bertz CT molecular complexity index is 853. The van der Waals surface area contributed by atoms with Crippen LogP contribution in [-0.2, 0) is 0 Å². The summed E-state index contributed by atoms with van der Waals surface area (Å²) in [6, 6.07) is 9.32. The van der Waals surface area contributed by atoms with Crippen molar-refractivity contribution in [3.63, 3.8) is 0 Å². The summed E-state index contributed by atoms with van der Waals surface area (Å²) < 4.78 is 0. The van der Waals surface area contributed by atoms with Crippen LogP contribution in [0.15, 0.2) is 41.5 Å². The van der Waals surface area contributed by atoms with Crippen molar-refractivity contribution in [3.8, 4) is 0 Å². The first-order valence-corrected chi connectivity index (χ1v) is 8.97. The second-order valence-electron chi connectivity index (χ2n) is 6.46. The molecule has 1 aromatic carbocycles. The maximum Gasteiger partial charge on any atom is 0.129 e. The number of aromatic nitrogens is 1. The normalized spacial score (nSPS) is 15.7. The highest BCUT2D eigenvalue weighted by Gasteiger charge is 2.16. The molecule has 1 fully saturated rings. The molecule has 1 aliphatic rings. The van der Waals surface area contributed by atoms with E-state index in [-0.39, 0.29) is 5.92 Å². The number of aliphatic imine (C=N–C) groups is 1. The predicted molar refractivity (Wildman–Crippen MR) is 112 cm³/mol. The molecule has 7 heteroatoms. The van der Waals surface area contributed by atoms with Gasteiger partial charge in [0.25, 0.3) is 0 Å². The van der Waals surface area contributed by atoms with Gasteiger partial charge in [0.2, 0.25) is 0 Å². The molecule has 27 heavy (non-hydrogen) atoms. The number of anilines is 2. The van der Waals surface area contributed by atoms with Gasteiger partial charge in [-0.3, -0.25) is 10.4 Å². The third-order valence-electron chi connectivity index (χ3n) is 4.70. The Kier molecular flexibility index (Phi) is 5.93. The summed E-state index contributed by atoms with van der Waals surface area (Å²) in [4.78, 5) is 10.7. The van der Waals surface area contributed by atoms with Crippen LogP contribution in [0.4, 0.5) is 11.5 Å². The topological polar surface area (TPSA) is 114 Å². The van der Waals surface area contributed by atoms with Gasteiger partial charge in [0.05, 0.1) is 11.6 Å². The van der Waals surface area contributed by atoms with Crippen molar-refractivity contribution >= 4 is 29.6 Å². The van der Waals surface area contributed by atoms with Crippen molar-refractivity contribution in [3.05, 3.63) is 53.2 Å². The molecule has 0 bridgehead atoms. The molecule has 1 aromatic heterocycles. The Morgan fingerprint density at radius 2 is 2.07 bits per heavy atom. The Morgan fingerprint density at radius 1 is 1.30 bits per heavy atom. The molecule has 2 heterocycles. The SMILES string of the molecule is CN=CC(C=N)c1ccc(N)c(C(=N)c2ccnc(N3CCNCC3)c2)c1. The van der Waals surface area contributed by atoms with E-state index in [4.69, 9.17) is 16.6 Å². The molecule has 140 valence electrons. The van der Waals surface area contributed by atoms with Gasteiger partial charge in [0, 0.05) is 68.7 Å². The van der Waals surface area contributed by atoms with Gasteiger partial charge in [0.15, 0.2) is 0 Å². The molecule has 0 saturated carbocycles. The minimum Gasteiger partial charge on any atom is -0.398 e. The first-order valence-electron chi connectivity index (χ1n) is 8.97. The van der Waals surface area contributed by atoms with Crippen LogP contribution >= 0.6 is 0 Å². The molecule has 3 rings (SSSR count). The molecule has 2 aromatic rings. The molecule has 1 saturated heterocycles. The van der Waals surface area contributed by atoms with E-state index in [1.807, 2.05) is 24.3 Å². The third-order valence-corrected chi connectivity index (χ3v) is 4.70. The molecule has 7 nitrogen and oxygen atoms in total. The van der Waals surface area contributed by atoms with E-state index in [2.05, 4.69) is 20.2 Å². The number of nitrogens with one attached hydrogen (secondary N) is 3. The quantitative estimate of drug-likeness (QED) is 0.464. The number of nitrogens with zero attached hydrogens (tertiary/aromatic N) is 3. The van der Waals surface area contributed by atoms with Gasteiger partial charge in [0.1, 0.15) is 5.82 Å². The van der Waals surface area contributed by atoms with E-state index in [0.717, 1.165) is 43.1 Å². The summed E-state index contributed by atoms with van der Waals surface area (Å²) in [5, 5.41) is 19.6. The summed E-state index contributed by atoms with van der Waals surface area (Å²) in [5.74, 6) is 0.653. The molecular formula is C20H25N7. The van der Waals surface area contributed by atoms with Gasteiger partial charge in [-0.15, -0.1) is 0 Å². The largest absolute Gasteiger partial charge is 0.398 e. The predicted octanol–water partition coefficient (Wildman–Crippen LogP) is 1.92. The highest BCUT2D eigenvalue weighted by Crippen LogP contribution is 2.23. The zero-order valence-electron chi connectivity index (χ0n) is 15.4. The Labute approximate surface area is 159 Å². The molecule has 0 aliphatic carbocycles. The number of pyridine rings is 1. The van der Waals surface area contributed by atoms with Crippen molar-refractivity contribution in [2.75, 3.05) is 43.9 Å². The summed E-state index contributed by atoms with van der Waals surface area (Å²) >= 11 is 0. The third kappa shape index (κ3) is 4.20. The van der Waals surface area contributed by atoms with Crippen LogP contribution in [0.2, 0.25) is 0 Å². The number of nitrogen functional groups attached to an aromatic ring is 1. The number of nitrogens with two attached hydrogens (primary N) is 1. The van der Waals surface area contributed by atoms with Crippen LogP contribution in [0, 0.1) is 10.8 Å². The lowest BCUT2D eigenvalue weighted by atomic mass is 9.94. The summed E-state index contributed by atoms with van der Waals surface area (Å²) in [6.07, 6.45) is 4.78. The van der Waals surface area contributed by atoms with Crippen molar-refractivity contribution < 1.29 is 0 Å². The number of piperazine rings is 1. The fraction of sp³-hybridized carbons (Fsp3) is 0.300. The molecule has 5 N–H and O–H groups in total. The van der Waals surface area contributed by atoms with Gasteiger partial charge in [-0.05, 0) is 29.8 Å². The van der Waals surface area contributed by atoms with Crippen molar-refractivity contribution in [1.29, 1.82) is 10.8 Å². The van der Waals surface area contributed by atoms with Crippen molar-refractivity contribution in [1.82, 2.24) is 10.3 Å². The second-order valence-corrected chi connectivity index (χ2v) is 6.46. The highest BCUT2D eigenvalue weighted by molar-refractivity contribution is 6.14. The average molecular weight is 363 g/mol. The second kappa shape index (κ2) is 8.55. The van der Waals surface area contributed by atoms with Crippen LogP contribution in [0.5, 0.6) is 0 Å². The minimum atomic E-state index is -0.226. The zero-order valence-corrected chi connectivity index (χ0v) is 15.4. The molecule has 0 spiro atoms. The lowest BCUT2D eigenvalue weighted by Crippen LogP contribution is -2.43. The van der Waals surface area contributed by atoms with E-state index in [0.29, 0.717) is 17.0 Å². The molecule has 1 atom stereocenters. The van der Waals surface area contributed by atoms with Crippen LogP contribution in [0.1, 0.15) is 22.6 Å². The fourth-order valence-electron chi connectivity index (χ4n) is 3.18. The smallest absolute Gasteiger partial charge is 0.129 e. The van der Waals surface area contributed by atoms with E-state index < -0.39 is 0 Å². The lowest BCUT2D eigenvalue weighted by Gasteiger charge is -2.28. The number of rotatable bonds is 6. The Morgan fingerprint density at radius 3 is 2.78 bits per heavy atom. The van der Waals surface area contributed by atoms with Crippen molar-refractivity contribution in [2.45, 2.75) is 5.92 Å². The maximum absolute atomic E-state index is 8.69. The van der Waals surface area contributed by atoms with E-state index in [1.165, 1.54) is 6.21 Å². The monoisotopic (exact) mass is 363 g/mol. The molecule has 0 amide bonds. The fourth-order valence-corrected chi connectivity index (χ4v) is 3.18. The van der Waals surface area contributed by atoms with Gasteiger partial charge in [-0.1, -0.05) is 6.07 Å². The Balaban J connectivity index is 1.92. The van der Waals surface area contributed by atoms with Gasteiger partial charge in [-0.25, -0.2) is 4.98 Å². The number of benzene rings is 1. The van der Waals surface area contributed by atoms with E-state index in [9.17, 15) is 0 Å². The average Bonchev–Trinajstić information content (AvgIpc) is 2.73.